The second-order valence-corrected chi connectivity index (χ2v) is 5.32. The minimum absolute atomic E-state index is 0.0700. The van der Waals surface area contributed by atoms with Gasteiger partial charge in [0, 0.05) is 17.6 Å². The first-order valence-electron chi connectivity index (χ1n) is 7.10. The molecule has 4 nitrogen and oxygen atoms in total. The molecule has 0 saturated carbocycles. The van der Waals surface area contributed by atoms with E-state index in [2.05, 4.69) is 0 Å². The molecule has 124 valence electrons. The van der Waals surface area contributed by atoms with Crippen molar-refractivity contribution in [3.05, 3.63) is 45.7 Å². The second-order valence-electron chi connectivity index (χ2n) is 5.32. The average molecular weight is 327 g/mol. The molecule has 1 aromatic carbocycles. The maximum atomic E-state index is 12.9. The largest absolute Gasteiger partial charge is 0.462 e. The summed E-state index contributed by atoms with van der Waals surface area (Å²) in [5, 5.41) is -0.154. The van der Waals surface area contributed by atoms with Crippen molar-refractivity contribution >= 4 is 16.9 Å². The number of benzene rings is 1. The van der Waals surface area contributed by atoms with Crippen molar-refractivity contribution in [1.29, 1.82) is 0 Å². The van der Waals surface area contributed by atoms with E-state index in [1.54, 1.807) is 25.3 Å². The fourth-order valence-electron chi connectivity index (χ4n) is 2.31. The lowest BCUT2D eigenvalue weighted by Gasteiger charge is -2.17. The van der Waals surface area contributed by atoms with Crippen LogP contribution in [0.1, 0.15) is 42.7 Å². The number of aromatic nitrogens is 1. The molecule has 2 rings (SSSR count). The summed E-state index contributed by atoms with van der Waals surface area (Å²) in [4.78, 5) is 24.3. The molecule has 0 fully saturated rings. The molecule has 0 aliphatic rings. The van der Waals surface area contributed by atoms with Gasteiger partial charge in [-0.25, -0.2) is 4.79 Å². The van der Waals surface area contributed by atoms with Crippen molar-refractivity contribution in [3.8, 4) is 0 Å². The zero-order chi connectivity index (χ0) is 17.4. The Kier molecular flexibility index (Phi) is 4.49. The molecule has 0 spiro atoms. The van der Waals surface area contributed by atoms with Gasteiger partial charge in [0.1, 0.15) is 5.56 Å². The first-order valence-corrected chi connectivity index (χ1v) is 7.10. The molecule has 0 radical (unpaired) electrons. The summed E-state index contributed by atoms with van der Waals surface area (Å²) in [5.74, 6) is -0.841. The Morgan fingerprint density at radius 3 is 2.48 bits per heavy atom. The van der Waals surface area contributed by atoms with E-state index < -0.39 is 23.1 Å². The predicted octanol–water partition coefficient (Wildman–Crippen LogP) is 3.78. The number of rotatable bonds is 3. The van der Waals surface area contributed by atoms with Gasteiger partial charge in [-0.2, -0.15) is 13.2 Å². The minimum Gasteiger partial charge on any atom is -0.462 e. The van der Waals surface area contributed by atoms with E-state index in [0.717, 1.165) is 12.1 Å². The van der Waals surface area contributed by atoms with Crippen LogP contribution in [-0.2, 0) is 10.9 Å². The first kappa shape index (κ1) is 17.1. The molecular formula is C16H16F3NO3. The Bertz CT molecular complexity index is 807. The van der Waals surface area contributed by atoms with Crippen LogP contribution in [0.15, 0.2) is 29.2 Å². The fraction of sp³-hybridized carbons (Fsp3) is 0.375. The summed E-state index contributed by atoms with van der Waals surface area (Å²) in [7, 11) is 0. The van der Waals surface area contributed by atoms with Crippen molar-refractivity contribution < 1.29 is 22.7 Å². The van der Waals surface area contributed by atoms with E-state index in [0.29, 0.717) is 5.52 Å². The molecule has 1 aromatic heterocycles. The normalized spacial score (nSPS) is 12.0. The van der Waals surface area contributed by atoms with Gasteiger partial charge in [-0.3, -0.25) is 4.79 Å². The molecule has 0 aliphatic heterocycles. The molecule has 0 bridgehead atoms. The van der Waals surface area contributed by atoms with Crippen LogP contribution >= 0.6 is 0 Å². The van der Waals surface area contributed by atoms with Crippen molar-refractivity contribution in [3.63, 3.8) is 0 Å². The Morgan fingerprint density at radius 2 is 1.96 bits per heavy atom. The van der Waals surface area contributed by atoms with E-state index in [1.165, 1.54) is 12.3 Å². The van der Waals surface area contributed by atoms with E-state index in [4.69, 9.17) is 4.74 Å². The van der Waals surface area contributed by atoms with Crippen molar-refractivity contribution in [2.45, 2.75) is 33.0 Å². The Labute approximate surface area is 130 Å². The van der Waals surface area contributed by atoms with Gasteiger partial charge in [-0.1, -0.05) is 0 Å². The zero-order valence-electron chi connectivity index (χ0n) is 12.9. The Morgan fingerprint density at radius 1 is 1.30 bits per heavy atom. The molecule has 0 N–H and O–H groups in total. The highest BCUT2D eigenvalue weighted by Crippen LogP contribution is 2.31. The topological polar surface area (TPSA) is 48.3 Å². The minimum atomic E-state index is -4.57. The van der Waals surface area contributed by atoms with Gasteiger partial charge in [-0.15, -0.1) is 0 Å². The quantitative estimate of drug-likeness (QED) is 0.806. The number of alkyl halides is 3. The zero-order valence-corrected chi connectivity index (χ0v) is 12.9. The number of nitrogens with zero attached hydrogens (tertiary/aromatic N) is 1. The third-order valence-corrected chi connectivity index (χ3v) is 3.41. The third-order valence-electron chi connectivity index (χ3n) is 3.41. The smallest absolute Gasteiger partial charge is 0.416 e. The fourth-order valence-corrected chi connectivity index (χ4v) is 2.31. The summed E-state index contributed by atoms with van der Waals surface area (Å²) >= 11 is 0. The van der Waals surface area contributed by atoms with E-state index in [1.807, 2.05) is 0 Å². The molecule has 0 amide bonds. The lowest BCUT2D eigenvalue weighted by Crippen LogP contribution is -2.22. The van der Waals surface area contributed by atoms with Crippen LogP contribution in [0.25, 0.3) is 10.9 Å². The van der Waals surface area contributed by atoms with Crippen LogP contribution in [0.5, 0.6) is 0 Å². The van der Waals surface area contributed by atoms with Gasteiger partial charge in [0.2, 0.25) is 5.43 Å². The highest BCUT2D eigenvalue weighted by atomic mass is 19.4. The van der Waals surface area contributed by atoms with Crippen LogP contribution in [-0.4, -0.2) is 17.1 Å². The standard InChI is InChI=1S/C16H16F3NO3/c1-4-23-15(22)12-8-20(9(2)3)13-6-5-10(16(17,18)19)7-11(13)14(12)21/h5-9H,4H2,1-3H3. The average Bonchev–Trinajstić information content (AvgIpc) is 2.46. The number of carbonyl (C=O) groups excluding carboxylic acids is 1. The molecule has 7 heteroatoms. The lowest BCUT2D eigenvalue weighted by molar-refractivity contribution is -0.137. The Balaban J connectivity index is 2.83. The summed E-state index contributed by atoms with van der Waals surface area (Å²) < 4.78 is 45.1. The number of halogens is 3. The van der Waals surface area contributed by atoms with Gasteiger partial charge in [0.05, 0.1) is 17.7 Å². The van der Waals surface area contributed by atoms with E-state index in [9.17, 15) is 22.8 Å². The molecule has 0 aliphatic carbocycles. The second kappa shape index (κ2) is 6.06. The maximum absolute atomic E-state index is 12.9. The van der Waals surface area contributed by atoms with Gasteiger partial charge < -0.3 is 9.30 Å². The molecule has 1 heterocycles. The Hall–Kier alpha value is -2.31. The highest BCUT2D eigenvalue weighted by Gasteiger charge is 2.31. The maximum Gasteiger partial charge on any atom is 0.416 e. The summed E-state index contributed by atoms with van der Waals surface area (Å²) in [6.45, 7) is 5.26. The summed E-state index contributed by atoms with van der Waals surface area (Å²) in [6, 6.07) is 2.79. The van der Waals surface area contributed by atoms with Gasteiger partial charge in [0.25, 0.3) is 0 Å². The number of fused-ring (bicyclic) bond motifs is 1. The number of pyridine rings is 1. The van der Waals surface area contributed by atoms with Gasteiger partial charge >= 0.3 is 12.1 Å². The number of hydrogen-bond acceptors (Lipinski definition) is 3. The summed E-state index contributed by atoms with van der Waals surface area (Å²) in [6.07, 6.45) is -3.23. The molecule has 23 heavy (non-hydrogen) atoms. The van der Waals surface area contributed by atoms with Crippen LogP contribution in [0.2, 0.25) is 0 Å². The summed E-state index contributed by atoms with van der Waals surface area (Å²) in [5.41, 5.74) is -1.63. The van der Waals surface area contributed by atoms with Crippen molar-refractivity contribution in [2.75, 3.05) is 6.61 Å². The van der Waals surface area contributed by atoms with Crippen LogP contribution < -0.4 is 5.43 Å². The van der Waals surface area contributed by atoms with E-state index in [-0.39, 0.29) is 23.6 Å². The number of carbonyl (C=O) groups is 1. The third kappa shape index (κ3) is 3.23. The molecule has 2 aromatic rings. The van der Waals surface area contributed by atoms with Crippen LogP contribution in [0.4, 0.5) is 13.2 Å². The number of hydrogen-bond donors (Lipinski definition) is 0. The predicted molar refractivity (Wildman–Crippen MR) is 79.6 cm³/mol. The molecule has 0 saturated heterocycles. The number of ether oxygens (including phenoxy) is 1. The SMILES string of the molecule is CCOC(=O)c1cn(C(C)C)c2ccc(C(F)(F)F)cc2c1=O. The first-order chi connectivity index (χ1) is 10.7. The van der Waals surface area contributed by atoms with Crippen molar-refractivity contribution in [2.24, 2.45) is 0 Å². The van der Waals surface area contributed by atoms with Gasteiger partial charge in [-0.05, 0) is 39.0 Å². The van der Waals surface area contributed by atoms with Crippen LogP contribution in [0.3, 0.4) is 0 Å². The highest BCUT2D eigenvalue weighted by molar-refractivity contribution is 5.94. The van der Waals surface area contributed by atoms with Gasteiger partial charge in [0.15, 0.2) is 0 Å². The van der Waals surface area contributed by atoms with Crippen LogP contribution in [0, 0.1) is 0 Å². The monoisotopic (exact) mass is 327 g/mol. The molecular weight excluding hydrogens is 311 g/mol. The van der Waals surface area contributed by atoms with Crippen molar-refractivity contribution in [1.82, 2.24) is 4.57 Å². The lowest BCUT2D eigenvalue weighted by atomic mass is 10.1. The molecule has 0 unspecified atom stereocenters. The van der Waals surface area contributed by atoms with E-state index >= 15 is 0 Å². The molecule has 0 atom stereocenters. The number of esters is 1.